The van der Waals surface area contributed by atoms with Gasteiger partial charge in [0.2, 0.25) is 0 Å². The van der Waals surface area contributed by atoms with Crippen LogP contribution < -0.4 is 0 Å². The molecule has 1 aromatic rings. The lowest BCUT2D eigenvalue weighted by atomic mass is 9.73. The Morgan fingerprint density at radius 1 is 1.07 bits per heavy atom. The van der Waals surface area contributed by atoms with E-state index in [-0.39, 0.29) is 36.6 Å². The highest BCUT2D eigenvalue weighted by molar-refractivity contribution is 5.87. The van der Waals surface area contributed by atoms with Gasteiger partial charge in [0.15, 0.2) is 5.79 Å². The predicted octanol–water partition coefficient (Wildman–Crippen LogP) is 5.49. The number of benzene rings is 1. The molecule has 0 aromatic heterocycles. The van der Waals surface area contributed by atoms with Crippen molar-refractivity contribution in [1.82, 2.24) is 0 Å². The van der Waals surface area contributed by atoms with E-state index in [0.29, 0.717) is 26.2 Å². The fourth-order valence-electron chi connectivity index (χ4n) is 5.32. The summed E-state index contributed by atoms with van der Waals surface area (Å²) in [5, 5.41) is 29.7. The second kappa shape index (κ2) is 17.6. The number of carbonyl (C=O) groups is 2. The van der Waals surface area contributed by atoms with Gasteiger partial charge in [0, 0.05) is 36.4 Å². The molecule has 1 saturated heterocycles. The van der Waals surface area contributed by atoms with Gasteiger partial charge in [0.25, 0.3) is 0 Å². The van der Waals surface area contributed by atoms with Crippen molar-refractivity contribution < 1.29 is 39.1 Å². The number of hydrogen-bond donors (Lipinski definition) is 3. The summed E-state index contributed by atoms with van der Waals surface area (Å²) in [4.78, 5) is 24.6. The average Bonchev–Trinajstić information content (AvgIpc) is 2.95. The van der Waals surface area contributed by atoms with E-state index in [1.165, 1.54) is 0 Å². The molecule has 3 N–H and O–H groups in total. The first kappa shape index (κ1) is 38.3. The van der Waals surface area contributed by atoms with E-state index in [4.69, 9.17) is 19.3 Å². The minimum atomic E-state index is -0.998. The summed E-state index contributed by atoms with van der Waals surface area (Å²) < 4.78 is 17.0. The molecule has 0 radical (unpaired) electrons. The third-order valence-electron chi connectivity index (χ3n) is 8.54. The Morgan fingerprint density at radius 3 is 2.24 bits per heavy atom. The highest BCUT2D eigenvalue weighted by atomic mass is 16.7. The van der Waals surface area contributed by atoms with Crippen LogP contribution in [0.2, 0.25) is 0 Å². The van der Waals surface area contributed by atoms with Crippen LogP contribution in [0.1, 0.15) is 100.0 Å². The normalized spacial score (nSPS) is 20.0. The van der Waals surface area contributed by atoms with Crippen molar-refractivity contribution in [3.8, 4) is 0 Å². The summed E-state index contributed by atoms with van der Waals surface area (Å²) in [6.07, 6.45) is 1.34. The molecule has 42 heavy (non-hydrogen) atoms. The first-order valence-electron chi connectivity index (χ1n) is 15.5. The van der Waals surface area contributed by atoms with Gasteiger partial charge < -0.3 is 29.5 Å². The third-order valence-corrected chi connectivity index (χ3v) is 8.54. The van der Waals surface area contributed by atoms with Crippen molar-refractivity contribution in [3.63, 3.8) is 0 Å². The van der Waals surface area contributed by atoms with Crippen LogP contribution in [0.4, 0.5) is 0 Å². The maximum absolute atomic E-state index is 12.7. The van der Waals surface area contributed by atoms with Crippen LogP contribution in [0.25, 0.3) is 0 Å². The Labute approximate surface area is 254 Å². The summed E-state index contributed by atoms with van der Waals surface area (Å²) in [6, 6.07) is 9.97. The number of hydrogen-bond acceptors (Lipinski definition) is 8. The van der Waals surface area contributed by atoms with E-state index >= 15 is 0 Å². The van der Waals surface area contributed by atoms with Crippen LogP contribution in [0.15, 0.2) is 30.3 Å². The van der Waals surface area contributed by atoms with E-state index in [0.717, 1.165) is 24.8 Å². The van der Waals surface area contributed by atoms with Crippen molar-refractivity contribution >= 4 is 11.6 Å². The number of aliphatic hydroxyl groups is 3. The largest absolute Gasteiger partial charge is 0.396 e. The summed E-state index contributed by atoms with van der Waals surface area (Å²) in [5.41, 5.74) is -0.272. The van der Waals surface area contributed by atoms with Crippen molar-refractivity contribution in [3.05, 3.63) is 35.9 Å². The molecule has 0 aliphatic carbocycles. The Kier molecular flexibility index (Phi) is 16.0. The van der Waals surface area contributed by atoms with Gasteiger partial charge in [-0.05, 0) is 51.0 Å². The molecule has 1 aliphatic heterocycles. The van der Waals surface area contributed by atoms with Crippen molar-refractivity contribution in [2.45, 2.75) is 125 Å². The number of rotatable bonds is 16. The summed E-state index contributed by atoms with van der Waals surface area (Å²) in [5.74, 6) is -1.11. The van der Waals surface area contributed by atoms with Gasteiger partial charge in [0.1, 0.15) is 11.6 Å². The topological polar surface area (TPSA) is 123 Å². The minimum absolute atomic E-state index is 0.0336. The second-order valence-corrected chi connectivity index (χ2v) is 13.2. The van der Waals surface area contributed by atoms with Gasteiger partial charge in [-0.1, -0.05) is 78.8 Å². The van der Waals surface area contributed by atoms with Crippen LogP contribution in [0.3, 0.4) is 0 Å². The zero-order valence-corrected chi connectivity index (χ0v) is 27.5. The number of ether oxygens (including phenoxy) is 3. The standard InChI is InChI=1S/C22H36O5.C12H22O3/c1-16(9-8-14-27-15-18-10-6-5-7-11-18)20(25)17(2)21(26)22(3,4)19(24)12-13-23;1-6-9(13)11(2,3)10-7-8-14-12(4,5)15-10/h5-7,10-11,16-17,19-20,23-25H,8-9,12-15H2,1-4H3;10H,6-8H2,1-5H3/t;10-/m.0/s1. The molecule has 8 nitrogen and oxygen atoms in total. The number of ketones is 2. The fraction of sp³-hybridized carbons (Fsp3) is 0.765. The third kappa shape index (κ3) is 11.8. The van der Waals surface area contributed by atoms with E-state index < -0.39 is 34.7 Å². The molecule has 1 heterocycles. The maximum Gasteiger partial charge on any atom is 0.163 e. The Morgan fingerprint density at radius 2 is 1.69 bits per heavy atom. The zero-order chi connectivity index (χ0) is 32.1. The number of carbonyl (C=O) groups excluding carboxylic acids is 2. The predicted molar refractivity (Wildman–Crippen MR) is 165 cm³/mol. The second-order valence-electron chi connectivity index (χ2n) is 13.2. The van der Waals surface area contributed by atoms with E-state index in [9.17, 15) is 19.8 Å². The maximum atomic E-state index is 12.7. The molecule has 1 aliphatic rings. The zero-order valence-electron chi connectivity index (χ0n) is 27.5. The lowest BCUT2D eigenvalue weighted by Crippen LogP contribution is -2.49. The quantitative estimate of drug-likeness (QED) is 0.215. The molecule has 0 amide bonds. The Hall–Kier alpha value is -1.68. The van der Waals surface area contributed by atoms with Gasteiger partial charge in [-0.2, -0.15) is 0 Å². The molecule has 4 unspecified atom stereocenters. The molecule has 242 valence electrons. The number of Topliss-reactive ketones (excluding diaryl/α,β-unsaturated/α-hetero) is 2. The monoisotopic (exact) mass is 594 g/mol. The first-order chi connectivity index (χ1) is 19.5. The molecule has 8 heteroatoms. The average molecular weight is 595 g/mol. The highest BCUT2D eigenvalue weighted by Gasteiger charge is 2.42. The lowest BCUT2D eigenvalue weighted by molar-refractivity contribution is -0.288. The van der Waals surface area contributed by atoms with E-state index in [1.54, 1.807) is 20.8 Å². The van der Waals surface area contributed by atoms with Crippen LogP contribution in [-0.2, 0) is 30.4 Å². The molecule has 0 saturated carbocycles. The Balaban J connectivity index is 0.000000495. The lowest BCUT2D eigenvalue weighted by Gasteiger charge is -2.42. The minimum Gasteiger partial charge on any atom is -0.396 e. The van der Waals surface area contributed by atoms with Crippen molar-refractivity contribution in [2.75, 3.05) is 19.8 Å². The van der Waals surface area contributed by atoms with Crippen molar-refractivity contribution in [2.24, 2.45) is 22.7 Å². The van der Waals surface area contributed by atoms with Gasteiger partial charge >= 0.3 is 0 Å². The molecular formula is C34H58O8. The molecule has 0 spiro atoms. The van der Waals surface area contributed by atoms with E-state index in [2.05, 4.69) is 0 Å². The first-order valence-corrected chi connectivity index (χ1v) is 15.5. The van der Waals surface area contributed by atoms with E-state index in [1.807, 2.05) is 71.9 Å². The molecule has 0 bridgehead atoms. The van der Waals surface area contributed by atoms with Crippen molar-refractivity contribution in [1.29, 1.82) is 0 Å². The molecule has 1 aromatic carbocycles. The SMILES string of the molecule is CC(CCCOCc1ccccc1)C(O)C(C)C(=O)C(C)(C)C(O)CCO.CCC(=O)C(C)(C)[C@@H]1CCOC(C)(C)O1. The summed E-state index contributed by atoms with van der Waals surface area (Å²) >= 11 is 0. The van der Waals surface area contributed by atoms with Crippen LogP contribution in [-0.4, -0.2) is 70.8 Å². The van der Waals surface area contributed by atoms with Crippen LogP contribution >= 0.6 is 0 Å². The van der Waals surface area contributed by atoms with Crippen LogP contribution in [0, 0.1) is 22.7 Å². The molecule has 5 atom stereocenters. The highest BCUT2D eigenvalue weighted by Crippen LogP contribution is 2.35. The Bertz CT molecular complexity index is 927. The van der Waals surface area contributed by atoms with Gasteiger partial charge in [-0.15, -0.1) is 0 Å². The van der Waals surface area contributed by atoms with Gasteiger partial charge in [-0.25, -0.2) is 0 Å². The molecule has 1 fully saturated rings. The van der Waals surface area contributed by atoms with Crippen LogP contribution in [0.5, 0.6) is 0 Å². The van der Waals surface area contributed by atoms with Gasteiger partial charge in [0.05, 0.1) is 31.5 Å². The smallest absolute Gasteiger partial charge is 0.163 e. The molecule has 2 rings (SSSR count). The number of aliphatic hydroxyl groups excluding tert-OH is 3. The fourth-order valence-corrected chi connectivity index (χ4v) is 5.32. The molecular weight excluding hydrogens is 536 g/mol. The van der Waals surface area contributed by atoms with Gasteiger partial charge in [-0.3, -0.25) is 9.59 Å². The summed E-state index contributed by atoms with van der Waals surface area (Å²) in [6.45, 7) is 18.3. The summed E-state index contributed by atoms with van der Waals surface area (Å²) in [7, 11) is 0.